The zero-order valence-corrected chi connectivity index (χ0v) is 12.1. The monoisotopic (exact) mass is 261 g/mol. The lowest BCUT2D eigenvalue weighted by Crippen LogP contribution is -2.38. The van der Waals surface area contributed by atoms with Gasteiger partial charge in [0.1, 0.15) is 5.75 Å². The van der Waals surface area contributed by atoms with Gasteiger partial charge in [-0.15, -0.1) is 0 Å². The molecule has 0 saturated carbocycles. The third kappa shape index (κ3) is 2.91. The van der Waals surface area contributed by atoms with E-state index in [1.165, 1.54) is 11.1 Å². The maximum Gasteiger partial charge on any atom is 0.223 e. The van der Waals surface area contributed by atoms with Crippen LogP contribution in [0.3, 0.4) is 0 Å². The van der Waals surface area contributed by atoms with Gasteiger partial charge in [0.25, 0.3) is 0 Å². The van der Waals surface area contributed by atoms with Crippen LogP contribution in [0.2, 0.25) is 0 Å². The molecule has 1 aromatic carbocycles. The summed E-state index contributed by atoms with van der Waals surface area (Å²) in [5.41, 5.74) is 2.57. The third-order valence-corrected chi connectivity index (χ3v) is 3.96. The van der Waals surface area contributed by atoms with Gasteiger partial charge in [0, 0.05) is 13.0 Å². The van der Waals surface area contributed by atoms with Gasteiger partial charge in [0.2, 0.25) is 5.91 Å². The van der Waals surface area contributed by atoms with Crippen molar-refractivity contribution in [3.8, 4) is 5.75 Å². The van der Waals surface area contributed by atoms with Crippen molar-refractivity contribution >= 4 is 5.91 Å². The SMILES string of the molecule is CCCCC(=O)N1CCc2ccc(OC)cc2C1C. The first kappa shape index (κ1) is 13.9. The van der Waals surface area contributed by atoms with E-state index in [9.17, 15) is 4.79 Å². The van der Waals surface area contributed by atoms with Gasteiger partial charge >= 0.3 is 0 Å². The summed E-state index contributed by atoms with van der Waals surface area (Å²) in [7, 11) is 1.68. The summed E-state index contributed by atoms with van der Waals surface area (Å²) >= 11 is 0. The van der Waals surface area contributed by atoms with Gasteiger partial charge in [0.05, 0.1) is 13.2 Å². The normalized spacial score (nSPS) is 18.1. The zero-order valence-electron chi connectivity index (χ0n) is 12.1. The summed E-state index contributed by atoms with van der Waals surface area (Å²) in [6.45, 7) is 5.07. The van der Waals surface area contributed by atoms with Crippen LogP contribution in [0.5, 0.6) is 5.75 Å². The number of ether oxygens (including phenoxy) is 1. The van der Waals surface area contributed by atoms with Crippen LogP contribution >= 0.6 is 0 Å². The first-order valence-corrected chi connectivity index (χ1v) is 7.13. The van der Waals surface area contributed by atoms with Crippen LogP contribution in [0, 0.1) is 0 Å². The molecule has 0 spiro atoms. The number of carbonyl (C=O) groups excluding carboxylic acids is 1. The number of rotatable bonds is 4. The van der Waals surface area contributed by atoms with Crippen LogP contribution in [-0.4, -0.2) is 24.5 Å². The Morgan fingerprint density at radius 2 is 2.26 bits per heavy atom. The quantitative estimate of drug-likeness (QED) is 0.832. The number of hydrogen-bond donors (Lipinski definition) is 0. The molecule has 0 saturated heterocycles. The Kier molecular flexibility index (Phi) is 4.46. The molecule has 1 amide bonds. The fraction of sp³-hybridized carbons (Fsp3) is 0.562. The van der Waals surface area contributed by atoms with Gasteiger partial charge in [-0.2, -0.15) is 0 Å². The molecule has 0 aliphatic carbocycles. The number of benzene rings is 1. The Morgan fingerprint density at radius 3 is 2.95 bits per heavy atom. The number of nitrogens with zero attached hydrogens (tertiary/aromatic N) is 1. The van der Waals surface area contributed by atoms with E-state index in [1.54, 1.807) is 7.11 Å². The molecule has 1 heterocycles. The fourth-order valence-electron chi connectivity index (χ4n) is 2.73. The van der Waals surface area contributed by atoms with E-state index < -0.39 is 0 Å². The molecular weight excluding hydrogens is 238 g/mol. The maximum absolute atomic E-state index is 12.2. The van der Waals surface area contributed by atoms with Crippen molar-refractivity contribution in [1.29, 1.82) is 0 Å². The van der Waals surface area contributed by atoms with Crippen molar-refractivity contribution in [2.75, 3.05) is 13.7 Å². The molecule has 0 fully saturated rings. The number of methoxy groups -OCH3 is 1. The summed E-state index contributed by atoms with van der Waals surface area (Å²) in [4.78, 5) is 14.2. The van der Waals surface area contributed by atoms with E-state index in [1.807, 2.05) is 11.0 Å². The molecule has 0 bridgehead atoms. The number of amides is 1. The van der Waals surface area contributed by atoms with Crippen molar-refractivity contribution in [3.63, 3.8) is 0 Å². The zero-order chi connectivity index (χ0) is 13.8. The predicted molar refractivity (Wildman–Crippen MR) is 76.4 cm³/mol. The lowest BCUT2D eigenvalue weighted by Gasteiger charge is -2.35. The molecule has 0 N–H and O–H groups in total. The molecule has 1 aliphatic heterocycles. The molecule has 0 aromatic heterocycles. The van der Waals surface area contributed by atoms with Crippen LogP contribution in [0.25, 0.3) is 0 Å². The first-order chi connectivity index (χ1) is 9.17. The van der Waals surface area contributed by atoms with Gasteiger partial charge in [-0.1, -0.05) is 19.4 Å². The average molecular weight is 261 g/mol. The average Bonchev–Trinajstić information content (AvgIpc) is 2.45. The highest BCUT2D eigenvalue weighted by Gasteiger charge is 2.27. The Labute approximate surface area is 115 Å². The minimum absolute atomic E-state index is 0.156. The summed E-state index contributed by atoms with van der Waals surface area (Å²) in [5.74, 6) is 1.15. The molecule has 104 valence electrons. The van der Waals surface area contributed by atoms with E-state index in [4.69, 9.17) is 4.74 Å². The number of hydrogen-bond acceptors (Lipinski definition) is 2. The highest BCUT2D eigenvalue weighted by molar-refractivity contribution is 5.77. The van der Waals surface area contributed by atoms with Crippen molar-refractivity contribution < 1.29 is 9.53 Å². The van der Waals surface area contributed by atoms with Gasteiger partial charge < -0.3 is 9.64 Å². The summed E-state index contributed by atoms with van der Waals surface area (Å²) in [5, 5.41) is 0. The fourth-order valence-corrected chi connectivity index (χ4v) is 2.73. The second-order valence-electron chi connectivity index (χ2n) is 5.18. The smallest absolute Gasteiger partial charge is 0.223 e. The minimum atomic E-state index is 0.156. The highest BCUT2D eigenvalue weighted by Crippen LogP contribution is 2.32. The largest absolute Gasteiger partial charge is 0.497 e. The molecule has 2 rings (SSSR count). The predicted octanol–water partition coefficient (Wildman–Crippen LogP) is 3.33. The number of unbranched alkanes of at least 4 members (excludes halogenated alkanes) is 1. The topological polar surface area (TPSA) is 29.5 Å². The summed E-state index contributed by atoms with van der Waals surface area (Å²) < 4.78 is 5.29. The maximum atomic E-state index is 12.2. The van der Waals surface area contributed by atoms with Crippen molar-refractivity contribution in [3.05, 3.63) is 29.3 Å². The molecular formula is C16H23NO2. The van der Waals surface area contributed by atoms with E-state index >= 15 is 0 Å². The molecule has 3 nitrogen and oxygen atoms in total. The summed E-state index contributed by atoms with van der Waals surface area (Å²) in [6, 6.07) is 6.35. The van der Waals surface area contributed by atoms with Crippen LogP contribution in [0.1, 0.15) is 50.3 Å². The molecule has 1 unspecified atom stereocenters. The highest BCUT2D eigenvalue weighted by atomic mass is 16.5. The summed E-state index contributed by atoms with van der Waals surface area (Å²) in [6.07, 6.45) is 3.66. The van der Waals surface area contributed by atoms with Crippen molar-refractivity contribution in [2.45, 2.75) is 45.6 Å². The van der Waals surface area contributed by atoms with Gasteiger partial charge in [-0.05, 0) is 43.0 Å². The molecule has 1 atom stereocenters. The number of fused-ring (bicyclic) bond motifs is 1. The molecule has 1 aliphatic rings. The third-order valence-electron chi connectivity index (χ3n) is 3.96. The second-order valence-corrected chi connectivity index (χ2v) is 5.18. The van der Waals surface area contributed by atoms with E-state index in [2.05, 4.69) is 26.0 Å². The van der Waals surface area contributed by atoms with Crippen molar-refractivity contribution in [2.24, 2.45) is 0 Å². The Morgan fingerprint density at radius 1 is 1.47 bits per heavy atom. The minimum Gasteiger partial charge on any atom is -0.497 e. The van der Waals surface area contributed by atoms with E-state index in [0.29, 0.717) is 6.42 Å². The lowest BCUT2D eigenvalue weighted by molar-refractivity contribution is -0.133. The van der Waals surface area contributed by atoms with Crippen LogP contribution in [-0.2, 0) is 11.2 Å². The Hall–Kier alpha value is -1.51. The molecule has 0 radical (unpaired) electrons. The van der Waals surface area contributed by atoms with E-state index in [-0.39, 0.29) is 11.9 Å². The van der Waals surface area contributed by atoms with Crippen LogP contribution in [0.15, 0.2) is 18.2 Å². The van der Waals surface area contributed by atoms with Crippen LogP contribution in [0.4, 0.5) is 0 Å². The van der Waals surface area contributed by atoms with Crippen LogP contribution < -0.4 is 4.74 Å². The Bertz CT molecular complexity index is 456. The molecule has 3 heteroatoms. The lowest BCUT2D eigenvalue weighted by atomic mass is 9.93. The molecule has 1 aromatic rings. The van der Waals surface area contributed by atoms with Gasteiger partial charge in [0.15, 0.2) is 0 Å². The first-order valence-electron chi connectivity index (χ1n) is 7.13. The van der Waals surface area contributed by atoms with Gasteiger partial charge in [-0.3, -0.25) is 4.79 Å². The number of carbonyl (C=O) groups is 1. The second kappa shape index (κ2) is 6.09. The standard InChI is InChI=1S/C16H23NO2/c1-4-5-6-16(18)17-10-9-13-7-8-14(19-3)11-15(13)12(17)2/h7-8,11-12H,4-6,9-10H2,1-3H3. The molecule has 19 heavy (non-hydrogen) atoms. The van der Waals surface area contributed by atoms with E-state index in [0.717, 1.165) is 31.6 Å². The van der Waals surface area contributed by atoms with Crippen molar-refractivity contribution in [1.82, 2.24) is 4.90 Å². The Balaban J connectivity index is 2.18. The van der Waals surface area contributed by atoms with Gasteiger partial charge in [-0.25, -0.2) is 0 Å².